The van der Waals surface area contributed by atoms with Gasteiger partial charge in [0, 0.05) is 16.8 Å². The Morgan fingerprint density at radius 3 is 2.65 bits per heavy atom. The normalized spacial score (nSPS) is 20.2. The molecule has 2 rings (SSSR count). The number of halogens is 1. The van der Waals surface area contributed by atoms with E-state index in [0.717, 1.165) is 22.1 Å². The van der Waals surface area contributed by atoms with Crippen LogP contribution in [0.2, 0.25) is 0 Å². The molecule has 17 heavy (non-hydrogen) atoms. The van der Waals surface area contributed by atoms with Crippen LogP contribution in [0.4, 0.5) is 5.69 Å². The second-order valence-corrected chi connectivity index (χ2v) is 5.21. The highest BCUT2D eigenvalue weighted by atomic mass is 79.9. The zero-order chi connectivity index (χ0) is 12.6. The molecule has 1 aromatic rings. The molecular weight excluding hydrogens is 282 g/mol. The molecule has 0 aromatic heterocycles. The van der Waals surface area contributed by atoms with Gasteiger partial charge in [0.1, 0.15) is 0 Å². The number of hydrogen-bond acceptors (Lipinski definition) is 2. The van der Waals surface area contributed by atoms with Gasteiger partial charge in [0.25, 0.3) is 0 Å². The number of anilines is 1. The SMILES string of the molecule is CCc1cc(Br)ccc1N1C(=O)CC(C)C1=O. The number of nitrogens with zero attached hydrogens (tertiary/aromatic N) is 1. The maximum Gasteiger partial charge on any atom is 0.237 e. The van der Waals surface area contributed by atoms with Crippen molar-refractivity contribution in [3.8, 4) is 0 Å². The molecule has 3 nitrogen and oxygen atoms in total. The van der Waals surface area contributed by atoms with Crippen molar-refractivity contribution in [2.75, 3.05) is 4.90 Å². The number of benzene rings is 1. The smallest absolute Gasteiger partial charge is 0.237 e. The number of hydrogen-bond donors (Lipinski definition) is 0. The number of carbonyl (C=O) groups is 2. The molecular formula is C13H14BrNO2. The molecule has 90 valence electrons. The van der Waals surface area contributed by atoms with E-state index < -0.39 is 0 Å². The summed E-state index contributed by atoms with van der Waals surface area (Å²) in [4.78, 5) is 25.1. The van der Waals surface area contributed by atoms with Crippen LogP contribution in [0.15, 0.2) is 22.7 Å². The van der Waals surface area contributed by atoms with Gasteiger partial charge in [0.05, 0.1) is 5.69 Å². The topological polar surface area (TPSA) is 37.4 Å². The Balaban J connectivity index is 2.47. The second-order valence-electron chi connectivity index (χ2n) is 4.30. The zero-order valence-corrected chi connectivity index (χ0v) is 11.5. The van der Waals surface area contributed by atoms with Gasteiger partial charge >= 0.3 is 0 Å². The molecule has 1 aliphatic rings. The summed E-state index contributed by atoms with van der Waals surface area (Å²) >= 11 is 3.40. The van der Waals surface area contributed by atoms with Gasteiger partial charge in [-0.05, 0) is 30.2 Å². The van der Waals surface area contributed by atoms with Crippen molar-refractivity contribution in [3.63, 3.8) is 0 Å². The minimum Gasteiger partial charge on any atom is -0.274 e. The Hall–Kier alpha value is -1.16. The molecule has 0 saturated carbocycles. The predicted molar refractivity (Wildman–Crippen MR) is 69.8 cm³/mol. The van der Waals surface area contributed by atoms with Crippen LogP contribution >= 0.6 is 15.9 Å². The first-order chi connectivity index (χ1) is 8.04. The van der Waals surface area contributed by atoms with Crippen LogP contribution in [-0.4, -0.2) is 11.8 Å². The standard InChI is InChI=1S/C13H14BrNO2/c1-3-9-7-10(14)4-5-11(9)15-12(16)6-8(2)13(15)17/h4-5,7-8H,3,6H2,1-2H3. The molecule has 1 aliphatic heterocycles. The third kappa shape index (κ3) is 2.14. The Kier molecular flexibility index (Phi) is 3.33. The summed E-state index contributed by atoms with van der Waals surface area (Å²) in [6, 6.07) is 5.65. The fraction of sp³-hybridized carbons (Fsp3) is 0.385. The average Bonchev–Trinajstić information content (AvgIpc) is 2.54. The summed E-state index contributed by atoms with van der Waals surface area (Å²) in [5.74, 6) is -0.387. The van der Waals surface area contributed by atoms with E-state index in [0.29, 0.717) is 6.42 Å². The van der Waals surface area contributed by atoms with Crippen molar-refractivity contribution in [2.24, 2.45) is 5.92 Å². The van der Waals surface area contributed by atoms with Crippen molar-refractivity contribution in [1.82, 2.24) is 0 Å². The summed E-state index contributed by atoms with van der Waals surface area (Å²) in [6.45, 7) is 3.81. The van der Waals surface area contributed by atoms with Crippen LogP contribution in [0.3, 0.4) is 0 Å². The molecule has 0 radical (unpaired) electrons. The van der Waals surface area contributed by atoms with Gasteiger partial charge in [0.2, 0.25) is 11.8 Å². The van der Waals surface area contributed by atoms with Gasteiger partial charge in [0.15, 0.2) is 0 Å². The van der Waals surface area contributed by atoms with Crippen LogP contribution in [0.1, 0.15) is 25.8 Å². The van der Waals surface area contributed by atoms with E-state index >= 15 is 0 Å². The molecule has 1 unspecified atom stereocenters. The molecule has 1 saturated heterocycles. The lowest BCUT2D eigenvalue weighted by atomic mass is 10.1. The van der Waals surface area contributed by atoms with Gasteiger partial charge in [-0.2, -0.15) is 0 Å². The Bertz CT molecular complexity index is 484. The Morgan fingerprint density at radius 2 is 2.12 bits per heavy atom. The lowest BCUT2D eigenvalue weighted by molar-refractivity contribution is -0.122. The highest BCUT2D eigenvalue weighted by Crippen LogP contribution is 2.31. The van der Waals surface area contributed by atoms with E-state index in [4.69, 9.17) is 0 Å². The number of aryl methyl sites for hydroxylation is 1. The van der Waals surface area contributed by atoms with Gasteiger partial charge in [-0.1, -0.05) is 29.8 Å². The summed E-state index contributed by atoms with van der Waals surface area (Å²) in [7, 11) is 0. The summed E-state index contributed by atoms with van der Waals surface area (Å²) in [5, 5.41) is 0. The van der Waals surface area contributed by atoms with Gasteiger partial charge in [-0.15, -0.1) is 0 Å². The quantitative estimate of drug-likeness (QED) is 0.787. The molecule has 0 bridgehead atoms. The molecule has 1 atom stereocenters. The van der Waals surface area contributed by atoms with E-state index in [9.17, 15) is 9.59 Å². The Morgan fingerprint density at radius 1 is 1.41 bits per heavy atom. The van der Waals surface area contributed by atoms with E-state index in [1.807, 2.05) is 25.1 Å². The molecule has 1 aromatic carbocycles. The van der Waals surface area contributed by atoms with Gasteiger partial charge in [-0.3, -0.25) is 14.5 Å². The lowest BCUT2D eigenvalue weighted by Crippen LogP contribution is -2.30. The fourth-order valence-electron chi connectivity index (χ4n) is 2.09. The van der Waals surface area contributed by atoms with E-state index in [-0.39, 0.29) is 17.7 Å². The molecule has 0 spiro atoms. The van der Waals surface area contributed by atoms with Crippen LogP contribution in [0.25, 0.3) is 0 Å². The molecule has 1 heterocycles. The monoisotopic (exact) mass is 295 g/mol. The molecule has 0 N–H and O–H groups in total. The first kappa shape index (κ1) is 12.3. The van der Waals surface area contributed by atoms with E-state index in [1.54, 1.807) is 6.92 Å². The minimum atomic E-state index is -0.198. The highest BCUT2D eigenvalue weighted by molar-refractivity contribution is 9.10. The van der Waals surface area contributed by atoms with Crippen LogP contribution in [0, 0.1) is 5.92 Å². The Labute approximate surface area is 109 Å². The number of amides is 2. The predicted octanol–water partition coefficient (Wildman–Crippen LogP) is 2.91. The van der Waals surface area contributed by atoms with Gasteiger partial charge < -0.3 is 0 Å². The zero-order valence-electron chi connectivity index (χ0n) is 9.87. The van der Waals surface area contributed by atoms with Gasteiger partial charge in [-0.25, -0.2) is 0 Å². The highest BCUT2D eigenvalue weighted by Gasteiger charge is 2.37. The van der Waals surface area contributed by atoms with Crippen LogP contribution < -0.4 is 4.90 Å². The third-order valence-corrected chi connectivity index (χ3v) is 3.53. The molecule has 2 amide bonds. The van der Waals surface area contributed by atoms with Crippen molar-refractivity contribution in [3.05, 3.63) is 28.2 Å². The average molecular weight is 296 g/mol. The largest absolute Gasteiger partial charge is 0.274 e. The molecule has 1 fully saturated rings. The summed E-state index contributed by atoms with van der Waals surface area (Å²) < 4.78 is 0.963. The van der Waals surface area contributed by atoms with E-state index in [2.05, 4.69) is 15.9 Å². The maximum atomic E-state index is 12.0. The first-order valence-electron chi connectivity index (χ1n) is 5.69. The third-order valence-electron chi connectivity index (χ3n) is 3.04. The van der Waals surface area contributed by atoms with Crippen molar-refractivity contribution >= 4 is 33.4 Å². The van der Waals surface area contributed by atoms with Crippen LogP contribution in [0.5, 0.6) is 0 Å². The number of rotatable bonds is 2. The fourth-order valence-corrected chi connectivity index (χ4v) is 2.50. The van der Waals surface area contributed by atoms with Crippen molar-refractivity contribution in [1.29, 1.82) is 0 Å². The van der Waals surface area contributed by atoms with E-state index in [1.165, 1.54) is 4.90 Å². The maximum absolute atomic E-state index is 12.0. The van der Waals surface area contributed by atoms with Crippen molar-refractivity contribution in [2.45, 2.75) is 26.7 Å². The molecule has 4 heteroatoms. The molecule has 0 aliphatic carbocycles. The second kappa shape index (κ2) is 4.61. The first-order valence-corrected chi connectivity index (χ1v) is 6.49. The number of carbonyl (C=O) groups excluding carboxylic acids is 2. The lowest BCUT2D eigenvalue weighted by Gasteiger charge is -2.18. The number of imide groups is 1. The summed E-state index contributed by atoms with van der Waals surface area (Å²) in [5.41, 5.74) is 1.74. The van der Waals surface area contributed by atoms with Crippen molar-refractivity contribution < 1.29 is 9.59 Å². The summed E-state index contributed by atoms with van der Waals surface area (Å²) in [6.07, 6.45) is 1.11. The van der Waals surface area contributed by atoms with Crippen LogP contribution in [-0.2, 0) is 16.0 Å². The minimum absolute atomic E-state index is 0.0907.